The van der Waals surface area contributed by atoms with E-state index in [4.69, 9.17) is 0 Å². The molecule has 0 aliphatic heterocycles. The van der Waals surface area contributed by atoms with Crippen LogP contribution in [0.5, 0.6) is 0 Å². The third kappa shape index (κ3) is 3.43. The number of hydrogen-bond acceptors (Lipinski definition) is 5. The van der Waals surface area contributed by atoms with E-state index in [2.05, 4.69) is 60.0 Å². The van der Waals surface area contributed by atoms with Gasteiger partial charge < -0.3 is 15.6 Å². The summed E-state index contributed by atoms with van der Waals surface area (Å²) >= 11 is 0. The maximum Gasteiger partial charge on any atom is 0.224 e. The minimum absolute atomic E-state index is 0.587. The van der Waals surface area contributed by atoms with E-state index in [0.29, 0.717) is 18.4 Å². The number of nitrogens with zero attached hydrogens (tertiary/aromatic N) is 3. The van der Waals surface area contributed by atoms with E-state index in [0.717, 1.165) is 17.2 Å². The Kier molecular flexibility index (Phi) is 4.40. The zero-order valence-corrected chi connectivity index (χ0v) is 15.6. The van der Waals surface area contributed by atoms with Crippen LogP contribution in [-0.2, 0) is 6.54 Å². The van der Waals surface area contributed by atoms with Crippen molar-refractivity contribution in [1.82, 2.24) is 25.1 Å². The van der Waals surface area contributed by atoms with Gasteiger partial charge in [0.15, 0.2) is 5.82 Å². The molecule has 0 amide bonds. The van der Waals surface area contributed by atoms with Crippen LogP contribution in [0.3, 0.4) is 0 Å². The van der Waals surface area contributed by atoms with Crippen molar-refractivity contribution in [1.29, 1.82) is 0 Å². The summed E-state index contributed by atoms with van der Waals surface area (Å²) in [5, 5.41) is 15.4. The van der Waals surface area contributed by atoms with Crippen molar-refractivity contribution in [3.05, 3.63) is 60.0 Å². The molecule has 7 heteroatoms. The molecule has 3 heterocycles. The molecule has 0 spiro atoms. The maximum atomic E-state index is 4.56. The molecule has 0 saturated heterocycles. The van der Waals surface area contributed by atoms with Crippen LogP contribution in [0.2, 0.25) is 0 Å². The molecular weight excluding hydrogens is 350 g/mol. The van der Waals surface area contributed by atoms with Crippen LogP contribution < -0.4 is 10.6 Å². The van der Waals surface area contributed by atoms with E-state index in [1.54, 1.807) is 6.20 Å². The number of fused-ring (bicyclic) bond motifs is 1. The Morgan fingerprint density at radius 2 is 2.00 bits per heavy atom. The summed E-state index contributed by atoms with van der Waals surface area (Å²) in [6.45, 7) is 0.660. The lowest BCUT2D eigenvalue weighted by atomic mass is 10.0. The van der Waals surface area contributed by atoms with Gasteiger partial charge >= 0.3 is 0 Å². The van der Waals surface area contributed by atoms with Gasteiger partial charge in [0, 0.05) is 47.5 Å². The monoisotopic (exact) mass is 373 g/mol. The van der Waals surface area contributed by atoms with Gasteiger partial charge in [0.25, 0.3) is 0 Å². The molecule has 0 radical (unpaired) electrons. The molecule has 3 aromatic heterocycles. The molecule has 1 aliphatic carbocycles. The number of aromatic amines is 2. The van der Waals surface area contributed by atoms with Crippen LogP contribution in [0, 0.1) is 0 Å². The maximum absolute atomic E-state index is 4.56. The quantitative estimate of drug-likeness (QED) is 0.393. The van der Waals surface area contributed by atoms with E-state index in [-0.39, 0.29) is 0 Å². The summed E-state index contributed by atoms with van der Waals surface area (Å²) in [6.07, 6.45) is 8.82. The Morgan fingerprint density at radius 3 is 2.93 bits per heavy atom. The number of anilines is 3. The molecule has 5 rings (SSSR count). The molecule has 1 aliphatic rings. The highest BCUT2D eigenvalue weighted by atomic mass is 15.2. The van der Waals surface area contributed by atoms with E-state index in [9.17, 15) is 0 Å². The fourth-order valence-corrected chi connectivity index (χ4v) is 3.97. The molecule has 1 saturated carbocycles. The van der Waals surface area contributed by atoms with Crippen molar-refractivity contribution in [2.45, 2.75) is 38.1 Å². The number of hydrogen-bond donors (Lipinski definition) is 4. The predicted molar refractivity (Wildman–Crippen MR) is 111 cm³/mol. The molecular formula is C21H23N7. The van der Waals surface area contributed by atoms with E-state index < -0.39 is 0 Å². The molecule has 1 aromatic carbocycles. The summed E-state index contributed by atoms with van der Waals surface area (Å²) in [5.74, 6) is 2.72. The van der Waals surface area contributed by atoms with Gasteiger partial charge in [-0.05, 0) is 36.6 Å². The molecule has 7 nitrogen and oxygen atoms in total. The molecule has 28 heavy (non-hydrogen) atoms. The minimum Gasteiger partial charge on any atom is -0.361 e. The van der Waals surface area contributed by atoms with Gasteiger partial charge in [-0.3, -0.25) is 5.10 Å². The van der Waals surface area contributed by atoms with Crippen LogP contribution in [0.15, 0.2) is 48.8 Å². The third-order valence-corrected chi connectivity index (χ3v) is 5.43. The lowest BCUT2D eigenvalue weighted by Gasteiger charge is -2.08. The first-order valence-electron chi connectivity index (χ1n) is 9.79. The summed E-state index contributed by atoms with van der Waals surface area (Å²) in [7, 11) is 0. The smallest absolute Gasteiger partial charge is 0.224 e. The van der Waals surface area contributed by atoms with Gasteiger partial charge in [-0.1, -0.05) is 25.0 Å². The zero-order valence-electron chi connectivity index (χ0n) is 15.6. The highest BCUT2D eigenvalue weighted by Crippen LogP contribution is 2.33. The van der Waals surface area contributed by atoms with E-state index in [1.807, 2.05) is 18.3 Å². The summed E-state index contributed by atoms with van der Waals surface area (Å²) in [5.41, 5.74) is 3.55. The highest BCUT2D eigenvalue weighted by Gasteiger charge is 2.19. The molecule has 1 fully saturated rings. The Morgan fingerprint density at radius 1 is 1.07 bits per heavy atom. The van der Waals surface area contributed by atoms with Crippen LogP contribution in [-0.4, -0.2) is 25.1 Å². The van der Waals surface area contributed by atoms with Crippen LogP contribution >= 0.6 is 0 Å². The van der Waals surface area contributed by atoms with Crippen LogP contribution in [0.25, 0.3) is 10.9 Å². The Labute approximate surface area is 163 Å². The number of benzene rings is 1. The van der Waals surface area contributed by atoms with Crippen molar-refractivity contribution in [2.75, 3.05) is 10.6 Å². The molecule has 0 unspecified atom stereocenters. The first kappa shape index (κ1) is 16.8. The number of nitrogens with one attached hydrogen (secondary N) is 4. The Hall–Kier alpha value is -3.35. The van der Waals surface area contributed by atoms with Crippen LogP contribution in [0.4, 0.5) is 17.6 Å². The van der Waals surface area contributed by atoms with Gasteiger partial charge in [0.2, 0.25) is 5.95 Å². The summed E-state index contributed by atoms with van der Waals surface area (Å²) in [6, 6.07) is 12.3. The highest BCUT2D eigenvalue weighted by molar-refractivity contribution is 5.83. The molecule has 4 aromatic rings. The van der Waals surface area contributed by atoms with Crippen molar-refractivity contribution in [2.24, 2.45) is 0 Å². The predicted octanol–water partition coefficient (Wildman–Crippen LogP) is 4.69. The lowest BCUT2D eigenvalue weighted by molar-refractivity contribution is 0.693. The van der Waals surface area contributed by atoms with E-state index >= 15 is 0 Å². The van der Waals surface area contributed by atoms with Gasteiger partial charge in [0.05, 0.1) is 0 Å². The first-order valence-corrected chi connectivity index (χ1v) is 9.79. The second-order valence-electron chi connectivity index (χ2n) is 7.29. The Balaban J connectivity index is 1.26. The normalized spacial score (nSPS) is 14.6. The average Bonchev–Trinajstić information content (AvgIpc) is 3.47. The molecule has 4 N–H and O–H groups in total. The Bertz CT molecular complexity index is 1080. The largest absolute Gasteiger partial charge is 0.361 e. The van der Waals surface area contributed by atoms with Gasteiger partial charge in [-0.2, -0.15) is 10.1 Å². The second kappa shape index (κ2) is 7.34. The van der Waals surface area contributed by atoms with Crippen molar-refractivity contribution in [3.8, 4) is 0 Å². The standard InChI is InChI=1S/C21H23N7/c1-2-5-14(4-1)18-12-20(28-27-18)25-19-9-11-23-21(26-19)24-13-15-6-3-7-17-16(15)8-10-22-17/h3,6-12,14,22H,1-2,4-5,13H2,(H3,23,24,25,26,27,28). The number of H-pyrrole nitrogens is 2. The second-order valence-corrected chi connectivity index (χ2v) is 7.29. The van der Waals surface area contributed by atoms with Crippen LogP contribution in [0.1, 0.15) is 42.9 Å². The lowest BCUT2D eigenvalue weighted by Crippen LogP contribution is -2.05. The molecule has 0 bridgehead atoms. The van der Waals surface area contributed by atoms with Gasteiger partial charge in [-0.15, -0.1) is 0 Å². The number of aromatic nitrogens is 5. The fraction of sp³-hybridized carbons (Fsp3) is 0.286. The van der Waals surface area contributed by atoms with Crippen molar-refractivity contribution < 1.29 is 0 Å². The van der Waals surface area contributed by atoms with Gasteiger partial charge in [0.1, 0.15) is 5.82 Å². The van der Waals surface area contributed by atoms with E-state index in [1.165, 1.54) is 42.3 Å². The fourth-order valence-electron chi connectivity index (χ4n) is 3.97. The third-order valence-electron chi connectivity index (χ3n) is 5.43. The summed E-state index contributed by atoms with van der Waals surface area (Å²) in [4.78, 5) is 12.1. The SMILES string of the molecule is c1cc(CNc2nccc(Nc3cc(C4CCCC4)[nH]n3)n2)c2cc[nH]c2c1. The van der Waals surface area contributed by atoms with Crippen molar-refractivity contribution >= 4 is 28.5 Å². The average molecular weight is 373 g/mol. The zero-order chi connectivity index (χ0) is 18.8. The molecule has 0 atom stereocenters. The first-order chi connectivity index (χ1) is 13.8. The number of rotatable bonds is 6. The summed E-state index contributed by atoms with van der Waals surface area (Å²) < 4.78 is 0. The topological polar surface area (TPSA) is 94.3 Å². The minimum atomic E-state index is 0.587. The van der Waals surface area contributed by atoms with Gasteiger partial charge in [-0.25, -0.2) is 4.98 Å². The molecule has 142 valence electrons. The van der Waals surface area contributed by atoms with Crippen molar-refractivity contribution in [3.63, 3.8) is 0 Å².